The van der Waals surface area contributed by atoms with Crippen molar-refractivity contribution >= 4 is 11.3 Å². The first kappa shape index (κ1) is 12.1. The molecule has 1 aromatic heterocycles. The summed E-state index contributed by atoms with van der Waals surface area (Å²) < 4.78 is 12.8. The van der Waals surface area contributed by atoms with E-state index in [2.05, 4.69) is 22.4 Å². The molecule has 0 radical (unpaired) electrons. The number of hydrogen-bond donors (Lipinski definition) is 1. The van der Waals surface area contributed by atoms with E-state index in [0.29, 0.717) is 0 Å². The SMILES string of the molecule is CCCNCc1nnc(-c2ccc(F)cc2)s1. The van der Waals surface area contributed by atoms with Gasteiger partial charge >= 0.3 is 0 Å². The summed E-state index contributed by atoms with van der Waals surface area (Å²) in [6.45, 7) is 3.84. The second-order valence-corrected chi connectivity index (χ2v) is 4.75. The summed E-state index contributed by atoms with van der Waals surface area (Å²) in [5.41, 5.74) is 0.908. The Morgan fingerprint density at radius 2 is 2.00 bits per heavy atom. The Morgan fingerprint density at radius 3 is 2.71 bits per heavy atom. The second kappa shape index (κ2) is 5.84. The van der Waals surface area contributed by atoms with Crippen LogP contribution in [-0.2, 0) is 6.54 Å². The van der Waals surface area contributed by atoms with Crippen LogP contribution in [0.3, 0.4) is 0 Å². The van der Waals surface area contributed by atoms with Crippen molar-refractivity contribution in [3.05, 3.63) is 35.1 Å². The highest BCUT2D eigenvalue weighted by molar-refractivity contribution is 7.14. The maximum absolute atomic E-state index is 12.8. The van der Waals surface area contributed by atoms with Gasteiger partial charge in [-0.2, -0.15) is 0 Å². The van der Waals surface area contributed by atoms with Crippen LogP contribution in [0.4, 0.5) is 4.39 Å². The standard InChI is InChI=1S/C12H14FN3S/c1-2-7-14-8-11-15-16-12(17-11)9-3-5-10(13)6-4-9/h3-6,14H,2,7-8H2,1H3. The largest absolute Gasteiger partial charge is 0.310 e. The molecule has 0 aliphatic carbocycles. The van der Waals surface area contributed by atoms with Crippen molar-refractivity contribution in [3.63, 3.8) is 0 Å². The number of nitrogens with one attached hydrogen (secondary N) is 1. The highest BCUT2D eigenvalue weighted by Crippen LogP contribution is 2.23. The topological polar surface area (TPSA) is 37.8 Å². The van der Waals surface area contributed by atoms with Gasteiger partial charge in [-0.25, -0.2) is 4.39 Å². The molecule has 0 aliphatic rings. The molecule has 0 saturated carbocycles. The second-order valence-electron chi connectivity index (χ2n) is 3.68. The predicted octanol–water partition coefficient (Wildman–Crippen LogP) is 2.84. The minimum Gasteiger partial charge on any atom is -0.310 e. The number of halogens is 1. The van der Waals surface area contributed by atoms with Gasteiger partial charge in [0.15, 0.2) is 0 Å². The maximum atomic E-state index is 12.8. The molecular weight excluding hydrogens is 237 g/mol. The minimum atomic E-state index is -0.233. The van der Waals surface area contributed by atoms with Crippen LogP contribution in [-0.4, -0.2) is 16.7 Å². The van der Waals surface area contributed by atoms with Gasteiger partial charge in [-0.15, -0.1) is 10.2 Å². The lowest BCUT2D eigenvalue weighted by Crippen LogP contribution is -2.13. The quantitative estimate of drug-likeness (QED) is 0.830. The molecule has 2 aromatic rings. The van der Waals surface area contributed by atoms with Gasteiger partial charge in [0.1, 0.15) is 15.8 Å². The molecule has 0 aliphatic heterocycles. The van der Waals surface area contributed by atoms with Gasteiger partial charge in [0.05, 0.1) is 0 Å². The van der Waals surface area contributed by atoms with Crippen molar-refractivity contribution in [1.29, 1.82) is 0 Å². The lowest BCUT2D eigenvalue weighted by molar-refractivity contribution is 0.628. The van der Waals surface area contributed by atoms with Gasteiger partial charge in [-0.1, -0.05) is 18.3 Å². The van der Waals surface area contributed by atoms with E-state index in [1.807, 2.05) is 0 Å². The van der Waals surface area contributed by atoms with Gasteiger partial charge in [-0.05, 0) is 37.2 Å². The first-order valence-electron chi connectivity index (χ1n) is 5.58. The zero-order chi connectivity index (χ0) is 12.1. The molecule has 0 spiro atoms. The first-order chi connectivity index (χ1) is 8.29. The minimum absolute atomic E-state index is 0.233. The summed E-state index contributed by atoms with van der Waals surface area (Å²) in [7, 11) is 0. The molecule has 5 heteroatoms. The van der Waals surface area contributed by atoms with E-state index in [1.165, 1.54) is 23.5 Å². The number of benzene rings is 1. The van der Waals surface area contributed by atoms with Crippen molar-refractivity contribution in [2.75, 3.05) is 6.54 Å². The number of rotatable bonds is 5. The molecule has 3 nitrogen and oxygen atoms in total. The Labute approximate surface area is 104 Å². The Bertz CT molecular complexity index is 467. The zero-order valence-corrected chi connectivity index (χ0v) is 10.4. The van der Waals surface area contributed by atoms with Gasteiger partial charge in [0.25, 0.3) is 0 Å². The fourth-order valence-electron chi connectivity index (χ4n) is 1.41. The van der Waals surface area contributed by atoms with E-state index in [0.717, 1.165) is 35.1 Å². The summed E-state index contributed by atoms with van der Waals surface area (Å²) in [5, 5.41) is 13.3. The van der Waals surface area contributed by atoms with E-state index in [1.54, 1.807) is 12.1 Å². The van der Waals surface area contributed by atoms with E-state index in [4.69, 9.17) is 0 Å². The fraction of sp³-hybridized carbons (Fsp3) is 0.333. The van der Waals surface area contributed by atoms with Crippen molar-refractivity contribution in [2.24, 2.45) is 0 Å². The molecule has 1 N–H and O–H groups in total. The van der Waals surface area contributed by atoms with Gasteiger partial charge in [-0.3, -0.25) is 0 Å². The molecule has 0 amide bonds. The lowest BCUT2D eigenvalue weighted by atomic mass is 10.2. The van der Waals surface area contributed by atoms with Crippen LogP contribution in [0.2, 0.25) is 0 Å². The molecule has 1 heterocycles. The molecule has 0 fully saturated rings. The van der Waals surface area contributed by atoms with Crippen molar-refractivity contribution < 1.29 is 4.39 Å². The van der Waals surface area contributed by atoms with E-state index in [-0.39, 0.29) is 5.82 Å². The van der Waals surface area contributed by atoms with Crippen molar-refractivity contribution in [3.8, 4) is 10.6 Å². The van der Waals surface area contributed by atoms with Crippen LogP contribution in [0.15, 0.2) is 24.3 Å². The Balaban J connectivity index is 2.04. The summed E-state index contributed by atoms with van der Waals surface area (Å²) >= 11 is 1.54. The van der Waals surface area contributed by atoms with Crippen LogP contribution < -0.4 is 5.32 Å². The molecule has 0 unspecified atom stereocenters. The third kappa shape index (κ3) is 3.31. The Kier molecular flexibility index (Phi) is 4.17. The highest BCUT2D eigenvalue weighted by Gasteiger charge is 2.06. The van der Waals surface area contributed by atoms with Gasteiger partial charge in [0.2, 0.25) is 0 Å². The van der Waals surface area contributed by atoms with Crippen LogP contribution in [0.1, 0.15) is 18.4 Å². The van der Waals surface area contributed by atoms with Crippen LogP contribution in [0.5, 0.6) is 0 Å². The van der Waals surface area contributed by atoms with Gasteiger partial charge < -0.3 is 5.32 Å². The van der Waals surface area contributed by atoms with Crippen LogP contribution in [0.25, 0.3) is 10.6 Å². The van der Waals surface area contributed by atoms with Crippen molar-refractivity contribution in [2.45, 2.75) is 19.9 Å². The molecule has 1 aromatic carbocycles. The Hall–Kier alpha value is -1.33. The molecule has 0 saturated heterocycles. The maximum Gasteiger partial charge on any atom is 0.147 e. The fourth-order valence-corrected chi connectivity index (χ4v) is 2.22. The predicted molar refractivity (Wildman–Crippen MR) is 67.3 cm³/mol. The third-order valence-electron chi connectivity index (χ3n) is 2.26. The summed E-state index contributed by atoms with van der Waals surface area (Å²) in [6.07, 6.45) is 1.10. The number of hydrogen-bond acceptors (Lipinski definition) is 4. The van der Waals surface area contributed by atoms with E-state index < -0.39 is 0 Å². The van der Waals surface area contributed by atoms with E-state index >= 15 is 0 Å². The van der Waals surface area contributed by atoms with Crippen LogP contribution in [0, 0.1) is 5.82 Å². The first-order valence-corrected chi connectivity index (χ1v) is 6.40. The summed E-state index contributed by atoms with van der Waals surface area (Å²) in [4.78, 5) is 0. The smallest absolute Gasteiger partial charge is 0.147 e. The van der Waals surface area contributed by atoms with Crippen LogP contribution >= 0.6 is 11.3 Å². The summed E-state index contributed by atoms with van der Waals surface area (Å²) in [5.74, 6) is -0.233. The van der Waals surface area contributed by atoms with Gasteiger partial charge in [0, 0.05) is 12.1 Å². The highest BCUT2D eigenvalue weighted by atomic mass is 32.1. The lowest BCUT2D eigenvalue weighted by Gasteiger charge is -1.96. The number of nitrogens with zero attached hydrogens (tertiary/aromatic N) is 2. The normalized spacial score (nSPS) is 10.7. The molecule has 0 atom stereocenters. The average molecular weight is 251 g/mol. The van der Waals surface area contributed by atoms with E-state index in [9.17, 15) is 4.39 Å². The Morgan fingerprint density at radius 1 is 1.24 bits per heavy atom. The molecule has 2 rings (SSSR count). The monoisotopic (exact) mass is 251 g/mol. The molecule has 90 valence electrons. The zero-order valence-electron chi connectivity index (χ0n) is 9.61. The van der Waals surface area contributed by atoms with Crippen molar-refractivity contribution in [1.82, 2.24) is 15.5 Å². The molecular formula is C12H14FN3S. The number of aromatic nitrogens is 2. The molecule has 17 heavy (non-hydrogen) atoms. The third-order valence-corrected chi connectivity index (χ3v) is 3.23. The average Bonchev–Trinajstić information content (AvgIpc) is 2.79. The summed E-state index contributed by atoms with van der Waals surface area (Å²) in [6, 6.07) is 6.32. The molecule has 0 bridgehead atoms.